The number of hydrogen-bond acceptors (Lipinski definition) is 3. The van der Waals surface area contributed by atoms with Crippen LogP contribution in [0.25, 0.3) is 10.8 Å². The molecule has 2 rings (SSSR count). The van der Waals surface area contributed by atoms with Crippen molar-refractivity contribution in [3.05, 3.63) is 42.0 Å². The maximum Gasteiger partial charge on any atom is 0.342 e. The summed E-state index contributed by atoms with van der Waals surface area (Å²) in [5.41, 5.74) is 0.263. The molecule has 3 heteroatoms. The third-order valence-corrected chi connectivity index (χ3v) is 3.34. The topological polar surface area (TPSA) is 46.5 Å². The first kappa shape index (κ1) is 14.4. The first-order valence-electron chi connectivity index (χ1n) is 7.12. The van der Waals surface area contributed by atoms with E-state index in [0.717, 1.165) is 36.5 Å². The molecule has 0 saturated heterocycles. The van der Waals surface area contributed by atoms with E-state index < -0.39 is 5.97 Å². The Labute approximate surface area is 119 Å². The minimum atomic E-state index is -0.448. The van der Waals surface area contributed by atoms with Crippen LogP contribution in [0, 0.1) is 0 Å². The average Bonchev–Trinajstić information content (AvgIpc) is 2.46. The molecule has 2 aromatic carbocycles. The van der Waals surface area contributed by atoms with Crippen LogP contribution in [-0.2, 0) is 4.74 Å². The zero-order chi connectivity index (χ0) is 14.4. The van der Waals surface area contributed by atoms with Gasteiger partial charge in [0.1, 0.15) is 11.3 Å². The van der Waals surface area contributed by atoms with Crippen molar-refractivity contribution < 1.29 is 14.6 Å². The van der Waals surface area contributed by atoms with Crippen molar-refractivity contribution in [2.75, 3.05) is 6.61 Å². The molecule has 1 N–H and O–H groups in total. The van der Waals surface area contributed by atoms with Gasteiger partial charge in [0.25, 0.3) is 0 Å². The van der Waals surface area contributed by atoms with Crippen LogP contribution in [-0.4, -0.2) is 17.7 Å². The average molecular weight is 272 g/mol. The van der Waals surface area contributed by atoms with E-state index in [1.807, 2.05) is 24.3 Å². The third-order valence-electron chi connectivity index (χ3n) is 3.34. The molecule has 0 aromatic heterocycles. The number of ether oxygens (including phenoxy) is 1. The second-order valence-corrected chi connectivity index (χ2v) is 4.88. The lowest BCUT2D eigenvalue weighted by molar-refractivity contribution is 0.0497. The summed E-state index contributed by atoms with van der Waals surface area (Å²) in [6.45, 7) is 2.54. The normalized spacial score (nSPS) is 10.7. The highest BCUT2D eigenvalue weighted by molar-refractivity contribution is 6.06. The van der Waals surface area contributed by atoms with Crippen molar-refractivity contribution in [2.45, 2.75) is 32.6 Å². The van der Waals surface area contributed by atoms with Crippen LogP contribution in [0.2, 0.25) is 0 Å². The second-order valence-electron chi connectivity index (χ2n) is 4.88. The number of esters is 1. The largest absolute Gasteiger partial charge is 0.507 e. The minimum absolute atomic E-state index is 0.0257. The fraction of sp³-hybridized carbons (Fsp3) is 0.353. The fourth-order valence-corrected chi connectivity index (χ4v) is 2.24. The number of rotatable bonds is 6. The number of carbonyl (C=O) groups is 1. The number of phenolic OH excluding ortho intramolecular Hbond substituents is 1. The quantitative estimate of drug-likeness (QED) is 0.630. The summed E-state index contributed by atoms with van der Waals surface area (Å²) >= 11 is 0. The zero-order valence-corrected chi connectivity index (χ0v) is 11.8. The molecule has 0 atom stereocenters. The zero-order valence-electron chi connectivity index (χ0n) is 11.8. The monoisotopic (exact) mass is 272 g/mol. The van der Waals surface area contributed by atoms with E-state index >= 15 is 0 Å². The molecule has 20 heavy (non-hydrogen) atoms. The summed E-state index contributed by atoms with van der Waals surface area (Å²) in [5.74, 6) is -0.474. The lowest BCUT2D eigenvalue weighted by Crippen LogP contribution is -2.07. The molecular weight excluding hydrogens is 252 g/mol. The standard InChI is InChI=1S/C17H20O3/c1-2-3-4-7-12-20-17(19)16-14-9-6-5-8-13(14)10-11-15(16)18/h5-6,8-11,18H,2-4,7,12H2,1H3. The number of hydrogen-bond donors (Lipinski definition) is 1. The Morgan fingerprint density at radius 1 is 1.10 bits per heavy atom. The SMILES string of the molecule is CCCCCCOC(=O)c1c(O)ccc2ccccc12. The number of aromatic hydroxyl groups is 1. The molecular formula is C17H20O3. The van der Waals surface area contributed by atoms with Gasteiger partial charge in [0, 0.05) is 0 Å². The van der Waals surface area contributed by atoms with Crippen molar-refractivity contribution in [2.24, 2.45) is 0 Å². The van der Waals surface area contributed by atoms with Crippen molar-refractivity contribution in [1.82, 2.24) is 0 Å². The van der Waals surface area contributed by atoms with Crippen LogP contribution < -0.4 is 0 Å². The van der Waals surface area contributed by atoms with Gasteiger partial charge in [-0.3, -0.25) is 0 Å². The van der Waals surface area contributed by atoms with Gasteiger partial charge in [-0.25, -0.2) is 4.79 Å². The maximum absolute atomic E-state index is 12.1. The van der Waals surface area contributed by atoms with Gasteiger partial charge in [-0.2, -0.15) is 0 Å². The number of phenols is 1. The molecule has 106 valence electrons. The molecule has 0 bridgehead atoms. The van der Waals surface area contributed by atoms with E-state index in [2.05, 4.69) is 6.92 Å². The van der Waals surface area contributed by atoms with Crippen LogP contribution in [0.3, 0.4) is 0 Å². The lowest BCUT2D eigenvalue weighted by Gasteiger charge is -2.09. The van der Waals surface area contributed by atoms with Crippen molar-refractivity contribution in [1.29, 1.82) is 0 Å². The molecule has 0 saturated carbocycles. The summed E-state index contributed by atoms with van der Waals surface area (Å²) < 4.78 is 5.26. The number of unbranched alkanes of at least 4 members (excludes halogenated alkanes) is 3. The highest BCUT2D eigenvalue weighted by atomic mass is 16.5. The van der Waals surface area contributed by atoms with Crippen molar-refractivity contribution in [3.63, 3.8) is 0 Å². The van der Waals surface area contributed by atoms with E-state index in [1.54, 1.807) is 6.07 Å². The van der Waals surface area contributed by atoms with Crippen LogP contribution in [0.15, 0.2) is 36.4 Å². The smallest absolute Gasteiger partial charge is 0.342 e. The highest BCUT2D eigenvalue weighted by Gasteiger charge is 2.16. The Hall–Kier alpha value is -2.03. The highest BCUT2D eigenvalue weighted by Crippen LogP contribution is 2.27. The molecule has 0 radical (unpaired) electrons. The Balaban J connectivity index is 2.11. The Morgan fingerprint density at radius 3 is 2.70 bits per heavy atom. The summed E-state index contributed by atoms with van der Waals surface area (Å²) in [6.07, 6.45) is 4.23. The van der Waals surface area contributed by atoms with Crippen LogP contribution in [0.4, 0.5) is 0 Å². The number of benzene rings is 2. The van der Waals surface area contributed by atoms with Gasteiger partial charge in [-0.05, 0) is 23.3 Å². The summed E-state index contributed by atoms with van der Waals surface area (Å²) in [5, 5.41) is 11.6. The third kappa shape index (κ3) is 3.29. The van der Waals surface area contributed by atoms with E-state index in [9.17, 15) is 9.90 Å². The van der Waals surface area contributed by atoms with Gasteiger partial charge < -0.3 is 9.84 Å². The predicted molar refractivity (Wildman–Crippen MR) is 80.0 cm³/mol. The molecule has 0 unspecified atom stereocenters. The fourth-order valence-electron chi connectivity index (χ4n) is 2.24. The van der Waals surface area contributed by atoms with E-state index in [0.29, 0.717) is 6.61 Å². The number of carbonyl (C=O) groups excluding carboxylic acids is 1. The molecule has 2 aromatic rings. The summed E-state index contributed by atoms with van der Waals surface area (Å²) in [7, 11) is 0. The van der Waals surface area contributed by atoms with Crippen LogP contribution >= 0.6 is 0 Å². The molecule has 0 aliphatic carbocycles. The second kappa shape index (κ2) is 6.94. The predicted octanol–water partition coefficient (Wildman–Crippen LogP) is 4.28. The first-order chi connectivity index (χ1) is 9.74. The lowest BCUT2D eigenvalue weighted by atomic mass is 10.0. The Kier molecular flexibility index (Phi) is 4.99. The Morgan fingerprint density at radius 2 is 1.90 bits per heavy atom. The summed E-state index contributed by atoms with van der Waals surface area (Å²) in [6, 6.07) is 10.8. The van der Waals surface area contributed by atoms with E-state index in [-0.39, 0.29) is 11.3 Å². The van der Waals surface area contributed by atoms with Crippen LogP contribution in [0.1, 0.15) is 43.0 Å². The van der Waals surface area contributed by atoms with Gasteiger partial charge in [0.15, 0.2) is 0 Å². The molecule has 0 fully saturated rings. The molecule has 0 spiro atoms. The maximum atomic E-state index is 12.1. The van der Waals surface area contributed by atoms with Gasteiger partial charge in [0.2, 0.25) is 0 Å². The summed E-state index contributed by atoms with van der Waals surface area (Å²) in [4.78, 5) is 12.1. The van der Waals surface area contributed by atoms with Gasteiger partial charge in [-0.15, -0.1) is 0 Å². The first-order valence-corrected chi connectivity index (χ1v) is 7.12. The Bertz CT molecular complexity index is 590. The molecule has 0 aliphatic heterocycles. The van der Waals surface area contributed by atoms with E-state index in [4.69, 9.17) is 4.74 Å². The van der Waals surface area contributed by atoms with Gasteiger partial charge in [-0.1, -0.05) is 56.5 Å². The van der Waals surface area contributed by atoms with Crippen LogP contribution in [0.5, 0.6) is 5.75 Å². The van der Waals surface area contributed by atoms with Crippen molar-refractivity contribution in [3.8, 4) is 5.75 Å². The molecule has 0 aliphatic rings. The van der Waals surface area contributed by atoms with Gasteiger partial charge in [0.05, 0.1) is 6.61 Å². The minimum Gasteiger partial charge on any atom is -0.507 e. The van der Waals surface area contributed by atoms with E-state index in [1.165, 1.54) is 6.07 Å². The molecule has 0 amide bonds. The van der Waals surface area contributed by atoms with Crippen molar-refractivity contribution >= 4 is 16.7 Å². The molecule has 3 nitrogen and oxygen atoms in total. The van der Waals surface area contributed by atoms with Gasteiger partial charge >= 0.3 is 5.97 Å². The number of fused-ring (bicyclic) bond motifs is 1. The molecule has 0 heterocycles.